The summed E-state index contributed by atoms with van der Waals surface area (Å²) in [4.78, 5) is 8.83. The molecule has 3 rings (SSSR count). The molecule has 0 aliphatic heterocycles. The van der Waals surface area contributed by atoms with E-state index in [4.69, 9.17) is 9.26 Å². The Morgan fingerprint density at radius 2 is 2.00 bits per heavy atom. The minimum Gasteiger partial charge on any atom is -0.388 e. The van der Waals surface area contributed by atoms with Gasteiger partial charge in [0.05, 0.1) is 11.0 Å². The average Bonchev–Trinajstić information content (AvgIpc) is 3.18. The third kappa shape index (κ3) is 3.47. The maximum atomic E-state index is 9.54. The summed E-state index contributed by atoms with van der Waals surface area (Å²) in [6, 6.07) is 7.71. The second kappa shape index (κ2) is 7.11. The van der Waals surface area contributed by atoms with Crippen molar-refractivity contribution in [1.82, 2.24) is 19.7 Å². The number of hydrogen-bond acceptors (Lipinski definition) is 6. The van der Waals surface area contributed by atoms with Crippen molar-refractivity contribution in [2.45, 2.75) is 40.0 Å². The highest BCUT2D eigenvalue weighted by atomic mass is 16.5. The largest absolute Gasteiger partial charge is 0.388 e. The lowest BCUT2D eigenvalue weighted by atomic mass is 10.2. The van der Waals surface area contributed by atoms with Crippen LogP contribution in [0, 0.1) is 5.92 Å². The number of ether oxygens (including phenoxy) is 1. The van der Waals surface area contributed by atoms with Crippen LogP contribution in [-0.2, 0) is 17.9 Å². The molecule has 2 aromatic heterocycles. The van der Waals surface area contributed by atoms with Gasteiger partial charge in [0, 0.05) is 6.61 Å². The van der Waals surface area contributed by atoms with E-state index in [1.807, 2.05) is 35.8 Å². The van der Waals surface area contributed by atoms with Gasteiger partial charge in [-0.25, -0.2) is 4.98 Å². The van der Waals surface area contributed by atoms with E-state index in [0.29, 0.717) is 36.6 Å². The number of nitrogens with zero attached hydrogens (tertiary/aromatic N) is 4. The summed E-state index contributed by atoms with van der Waals surface area (Å²) in [6.45, 7) is 6.95. The van der Waals surface area contributed by atoms with Crippen molar-refractivity contribution >= 4 is 11.0 Å². The van der Waals surface area contributed by atoms with Crippen molar-refractivity contribution in [2.24, 2.45) is 5.92 Å². The molecule has 1 unspecified atom stereocenters. The number of aliphatic hydroxyl groups is 1. The maximum Gasteiger partial charge on any atom is 0.246 e. The molecular formula is C17H22N4O3. The highest BCUT2D eigenvalue weighted by Crippen LogP contribution is 2.19. The van der Waals surface area contributed by atoms with Crippen molar-refractivity contribution in [2.75, 3.05) is 6.61 Å². The molecule has 0 aliphatic carbocycles. The Morgan fingerprint density at radius 1 is 1.21 bits per heavy atom. The van der Waals surface area contributed by atoms with Gasteiger partial charge < -0.3 is 18.9 Å². The van der Waals surface area contributed by atoms with Crippen LogP contribution in [0.5, 0.6) is 0 Å². The highest BCUT2D eigenvalue weighted by Gasteiger charge is 2.17. The summed E-state index contributed by atoms with van der Waals surface area (Å²) >= 11 is 0. The number of fused-ring (bicyclic) bond motifs is 1. The van der Waals surface area contributed by atoms with Crippen LogP contribution in [0.1, 0.15) is 44.4 Å². The highest BCUT2D eigenvalue weighted by molar-refractivity contribution is 5.75. The van der Waals surface area contributed by atoms with Gasteiger partial charge in [0.25, 0.3) is 0 Å². The van der Waals surface area contributed by atoms with Crippen LogP contribution in [0.2, 0.25) is 0 Å². The van der Waals surface area contributed by atoms with Crippen molar-refractivity contribution in [3.05, 3.63) is 41.8 Å². The number of aromatic nitrogens is 4. The molecule has 2 heterocycles. The van der Waals surface area contributed by atoms with Gasteiger partial charge >= 0.3 is 0 Å². The van der Waals surface area contributed by atoms with Crippen molar-refractivity contribution in [1.29, 1.82) is 0 Å². The Balaban J connectivity index is 1.80. The van der Waals surface area contributed by atoms with E-state index in [2.05, 4.69) is 29.0 Å². The lowest BCUT2D eigenvalue weighted by Crippen LogP contribution is -2.08. The van der Waals surface area contributed by atoms with Gasteiger partial charge in [0.2, 0.25) is 5.89 Å². The van der Waals surface area contributed by atoms with Crippen LogP contribution in [-0.4, -0.2) is 31.4 Å². The van der Waals surface area contributed by atoms with Crippen LogP contribution >= 0.6 is 0 Å². The predicted octanol–water partition coefficient (Wildman–Crippen LogP) is 2.69. The molecular weight excluding hydrogens is 308 g/mol. The smallest absolute Gasteiger partial charge is 0.246 e. The standard InChI is InChI=1S/C17H22N4O3/c1-11(2)10-23-12(3)17-19-16(24-20-17)8-21-14-7-5-4-6-13(14)18-15(21)9-22/h4-7,11-12,22H,8-10H2,1-3H3. The summed E-state index contributed by atoms with van der Waals surface area (Å²) in [5.41, 5.74) is 1.75. The van der Waals surface area contributed by atoms with Crippen LogP contribution < -0.4 is 0 Å². The van der Waals surface area contributed by atoms with Gasteiger partial charge in [-0.2, -0.15) is 4.98 Å². The average molecular weight is 330 g/mol. The molecule has 0 saturated carbocycles. The monoisotopic (exact) mass is 330 g/mol. The second-order valence-electron chi connectivity index (χ2n) is 6.18. The minimum atomic E-state index is -0.221. The lowest BCUT2D eigenvalue weighted by molar-refractivity contribution is 0.0402. The zero-order valence-electron chi connectivity index (χ0n) is 14.1. The van der Waals surface area contributed by atoms with E-state index >= 15 is 0 Å². The summed E-state index contributed by atoms with van der Waals surface area (Å²) in [6.07, 6.45) is -0.221. The topological polar surface area (TPSA) is 86.2 Å². The van der Waals surface area contributed by atoms with Gasteiger partial charge in [0.15, 0.2) is 5.82 Å². The Bertz CT molecular complexity index is 809. The van der Waals surface area contributed by atoms with Gasteiger partial charge in [-0.3, -0.25) is 0 Å². The van der Waals surface area contributed by atoms with Crippen molar-refractivity contribution in [3.8, 4) is 0 Å². The fourth-order valence-corrected chi connectivity index (χ4v) is 2.47. The molecule has 1 N–H and O–H groups in total. The van der Waals surface area contributed by atoms with E-state index in [-0.39, 0.29) is 12.7 Å². The first-order chi connectivity index (χ1) is 11.6. The van der Waals surface area contributed by atoms with E-state index in [1.165, 1.54) is 0 Å². The SMILES string of the molecule is CC(C)COC(C)c1noc(Cn2c(CO)nc3ccccc32)n1. The maximum absolute atomic E-state index is 9.54. The van der Waals surface area contributed by atoms with Gasteiger partial charge in [-0.05, 0) is 25.0 Å². The van der Waals surface area contributed by atoms with E-state index in [9.17, 15) is 5.11 Å². The fourth-order valence-electron chi connectivity index (χ4n) is 2.47. The molecule has 0 saturated heterocycles. The zero-order valence-corrected chi connectivity index (χ0v) is 14.1. The molecule has 7 heteroatoms. The minimum absolute atomic E-state index is 0.149. The lowest BCUT2D eigenvalue weighted by Gasteiger charge is -2.10. The second-order valence-corrected chi connectivity index (χ2v) is 6.18. The van der Waals surface area contributed by atoms with Crippen LogP contribution in [0.25, 0.3) is 11.0 Å². The van der Waals surface area contributed by atoms with Gasteiger partial charge in [0.1, 0.15) is 25.1 Å². The number of para-hydroxylation sites is 2. The van der Waals surface area contributed by atoms with Crippen molar-refractivity contribution < 1.29 is 14.4 Å². The Morgan fingerprint density at radius 3 is 2.75 bits per heavy atom. The third-order valence-electron chi connectivity index (χ3n) is 3.70. The normalized spacial score (nSPS) is 13.0. The first kappa shape index (κ1) is 16.6. The van der Waals surface area contributed by atoms with E-state index in [1.54, 1.807) is 0 Å². The van der Waals surface area contributed by atoms with Gasteiger partial charge in [-0.15, -0.1) is 0 Å². The van der Waals surface area contributed by atoms with Crippen LogP contribution in [0.4, 0.5) is 0 Å². The molecule has 3 aromatic rings. The predicted molar refractivity (Wildman–Crippen MR) is 88.3 cm³/mol. The Kier molecular flexibility index (Phi) is 4.92. The van der Waals surface area contributed by atoms with Crippen LogP contribution in [0.15, 0.2) is 28.8 Å². The molecule has 0 amide bonds. The number of aliphatic hydroxyl groups excluding tert-OH is 1. The molecule has 24 heavy (non-hydrogen) atoms. The number of hydrogen-bond donors (Lipinski definition) is 1. The molecule has 0 aliphatic rings. The summed E-state index contributed by atoms with van der Waals surface area (Å²) in [5.74, 6) is 2.01. The molecule has 0 bridgehead atoms. The summed E-state index contributed by atoms with van der Waals surface area (Å²) in [5, 5.41) is 13.5. The Labute approximate surface area is 140 Å². The molecule has 1 aromatic carbocycles. The van der Waals surface area contributed by atoms with Crippen LogP contribution in [0.3, 0.4) is 0 Å². The summed E-state index contributed by atoms with van der Waals surface area (Å²) in [7, 11) is 0. The molecule has 0 radical (unpaired) electrons. The number of benzene rings is 1. The molecule has 0 fully saturated rings. The quantitative estimate of drug-likeness (QED) is 0.717. The molecule has 7 nitrogen and oxygen atoms in total. The fraction of sp³-hybridized carbons (Fsp3) is 0.471. The number of imidazole rings is 1. The van der Waals surface area contributed by atoms with E-state index in [0.717, 1.165) is 11.0 Å². The first-order valence-corrected chi connectivity index (χ1v) is 8.07. The van der Waals surface area contributed by atoms with Crippen molar-refractivity contribution in [3.63, 3.8) is 0 Å². The zero-order chi connectivity index (χ0) is 17.1. The molecule has 1 atom stereocenters. The molecule has 0 spiro atoms. The number of rotatable bonds is 7. The van der Waals surface area contributed by atoms with Gasteiger partial charge in [-0.1, -0.05) is 31.1 Å². The Hall–Kier alpha value is -2.25. The molecule has 128 valence electrons. The summed E-state index contributed by atoms with van der Waals surface area (Å²) < 4.78 is 12.9. The third-order valence-corrected chi connectivity index (χ3v) is 3.70. The first-order valence-electron chi connectivity index (χ1n) is 8.07. The van der Waals surface area contributed by atoms with E-state index < -0.39 is 0 Å².